The Labute approximate surface area is 380 Å². The molecule has 0 fully saturated rings. The zero-order valence-electron chi connectivity index (χ0n) is 40.4. The first-order valence-corrected chi connectivity index (χ1v) is 26.3. The van der Waals surface area contributed by atoms with Gasteiger partial charge in [0.2, 0.25) is 5.91 Å². The number of aliphatic hydroxyl groups is 2. The average molecular weight is 848 g/mol. The summed E-state index contributed by atoms with van der Waals surface area (Å²) in [4.78, 5) is 12.5. The molecular formula is C57H101NO3. The van der Waals surface area contributed by atoms with Gasteiger partial charge in [-0.25, -0.2) is 0 Å². The molecule has 0 bridgehead atoms. The lowest BCUT2D eigenvalue weighted by molar-refractivity contribution is -0.123. The van der Waals surface area contributed by atoms with Gasteiger partial charge in [-0.05, 0) is 70.6 Å². The van der Waals surface area contributed by atoms with E-state index in [2.05, 4.69) is 104 Å². The molecule has 0 radical (unpaired) electrons. The highest BCUT2D eigenvalue weighted by Crippen LogP contribution is 2.16. The zero-order chi connectivity index (χ0) is 44.2. The zero-order valence-corrected chi connectivity index (χ0v) is 40.4. The number of rotatable bonds is 47. The second-order valence-corrected chi connectivity index (χ2v) is 17.6. The summed E-state index contributed by atoms with van der Waals surface area (Å²) >= 11 is 0. The van der Waals surface area contributed by atoms with Crippen molar-refractivity contribution in [2.45, 2.75) is 264 Å². The van der Waals surface area contributed by atoms with Gasteiger partial charge in [-0.1, -0.05) is 259 Å². The summed E-state index contributed by atoms with van der Waals surface area (Å²) in [5.74, 6) is -0.0395. The second-order valence-electron chi connectivity index (χ2n) is 17.6. The highest BCUT2D eigenvalue weighted by atomic mass is 16.3. The summed E-state index contributed by atoms with van der Waals surface area (Å²) in [6.45, 7) is 4.25. The summed E-state index contributed by atoms with van der Waals surface area (Å²) in [6.07, 6.45) is 75.4. The molecule has 352 valence electrons. The van der Waals surface area contributed by atoms with E-state index < -0.39 is 12.1 Å². The van der Waals surface area contributed by atoms with Crippen LogP contribution in [0.3, 0.4) is 0 Å². The molecule has 2 atom stereocenters. The minimum absolute atomic E-state index is 0.0395. The van der Waals surface area contributed by atoms with Crippen LogP contribution in [0.4, 0.5) is 0 Å². The number of hydrogen-bond donors (Lipinski definition) is 3. The van der Waals surface area contributed by atoms with Crippen LogP contribution in [0.15, 0.2) is 85.1 Å². The number of amides is 1. The first kappa shape index (κ1) is 58.6. The molecule has 0 spiro atoms. The molecule has 4 heteroatoms. The highest BCUT2D eigenvalue weighted by molar-refractivity contribution is 5.76. The molecule has 0 heterocycles. The molecule has 4 nitrogen and oxygen atoms in total. The molecule has 0 aliphatic heterocycles. The van der Waals surface area contributed by atoms with E-state index in [9.17, 15) is 15.0 Å². The van der Waals surface area contributed by atoms with Crippen LogP contribution in [0.1, 0.15) is 251 Å². The maximum absolute atomic E-state index is 12.5. The summed E-state index contributed by atoms with van der Waals surface area (Å²) < 4.78 is 0. The molecule has 1 amide bonds. The standard InChI is InChI=1S/C57H101NO3/c1-3-5-7-9-11-13-15-17-19-21-23-24-25-26-27-28-29-30-31-32-33-34-35-37-39-41-43-45-47-49-51-53-57(61)58-55(54-59)56(60)52-50-48-46-44-42-40-38-36-22-20-18-16-14-12-10-8-6-4-2/h5,7,11,13,17,19,23-24,26-27,29-30,32-33,55-56,59-60H,3-4,6,8-10,12,14-16,18,20-22,25,28,31,34-54H2,1-2H3,(H,58,61)/b7-5-,13-11-,19-17-,24-23-,27-26-,30-29-,33-32-. The quantitative estimate of drug-likeness (QED) is 0.0422. The van der Waals surface area contributed by atoms with E-state index in [0.29, 0.717) is 12.8 Å². The first-order valence-electron chi connectivity index (χ1n) is 26.3. The van der Waals surface area contributed by atoms with Gasteiger partial charge in [0.05, 0.1) is 18.8 Å². The minimum Gasteiger partial charge on any atom is -0.394 e. The van der Waals surface area contributed by atoms with Crippen LogP contribution < -0.4 is 5.32 Å². The molecule has 0 rings (SSSR count). The van der Waals surface area contributed by atoms with E-state index in [1.807, 2.05) is 0 Å². The molecule has 0 saturated heterocycles. The van der Waals surface area contributed by atoms with Crippen molar-refractivity contribution in [1.82, 2.24) is 5.32 Å². The van der Waals surface area contributed by atoms with Crippen molar-refractivity contribution in [3.63, 3.8) is 0 Å². The number of aliphatic hydroxyl groups excluding tert-OH is 2. The third-order valence-electron chi connectivity index (χ3n) is 11.7. The lowest BCUT2D eigenvalue weighted by Gasteiger charge is -2.22. The van der Waals surface area contributed by atoms with Crippen LogP contribution in [-0.2, 0) is 4.79 Å². The maximum atomic E-state index is 12.5. The predicted molar refractivity (Wildman–Crippen MR) is 271 cm³/mol. The average Bonchev–Trinajstić information content (AvgIpc) is 3.26. The molecule has 0 aliphatic carbocycles. The molecule has 0 aromatic heterocycles. The largest absolute Gasteiger partial charge is 0.394 e. The second kappa shape index (κ2) is 51.9. The van der Waals surface area contributed by atoms with Gasteiger partial charge in [0, 0.05) is 6.42 Å². The number of carbonyl (C=O) groups is 1. The fourth-order valence-electron chi connectivity index (χ4n) is 7.69. The van der Waals surface area contributed by atoms with E-state index in [4.69, 9.17) is 0 Å². The van der Waals surface area contributed by atoms with Gasteiger partial charge >= 0.3 is 0 Å². The fraction of sp³-hybridized carbons (Fsp3) is 0.737. The molecule has 0 aromatic rings. The molecule has 2 unspecified atom stereocenters. The van der Waals surface area contributed by atoms with E-state index in [1.165, 1.54) is 154 Å². The van der Waals surface area contributed by atoms with Gasteiger partial charge in [-0.15, -0.1) is 0 Å². The van der Waals surface area contributed by atoms with Crippen LogP contribution in [0.25, 0.3) is 0 Å². The lowest BCUT2D eigenvalue weighted by Crippen LogP contribution is -2.45. The third-order valence-corrected chi connectivity index (χ3v) is 11.7. The van der Waals surface area contributed by atoms with Gasteiger partial charge in [0.25, 0.3) is 0 Å². The number of hydrogen-bond acceptors (Lipinski definition) is 3. The van der Waals surface area contributed by atoms with Crippen LogP contribution >= 0.6 is 0 Å². The Morgan fingerprint density at radius 2 is 0.721 bits per heavy atom. The summed E-state index contributed by atoms with van der Waals surface area (Å²) in [6, 6.07) is -0.545. The molecule has 0 aromatic carbocycles. The Morgan fingerprint density at radius 3 is 1.08 bits per heavy atom. The molecule has 0 saturated carbocycles. The van der Waals surface area contributed by atoms with Crippen LogP contribution in [0, 0.1) is 0 Å². The smallest absolute Gasteiger partial charge is 0.220 e. The lowest BCUT2D eigenvalue weighted by atomic mass is 10.0. The maximum Gasteiger partial charge on any atom is 0.220 e. The Kier molecular flexibility index (Phi) is 49.8. The Bertz CT molecular complexity index is 1100. The van der Waals surface area contributed by atoms with Crippen molar-refractivity contribution in [3.05, 3.63) is 85.1 Å². The van der Waals surface area contributed by atoms with Crippen LogP contribution in [0.2, 0.25) is 0 Å². The number of carbonyl (C=O) groups excluding carboxylic acids is 1. The van der Waals surface area contributed by atoms with Crippen molar-refractivity contribution in [1.29, 1.82) is 0 Å². The van der Waals surface area contributed by atoms with E-state index >= 15 is 0 Å². The van der Waals surface area contributed by atoms with Crippen LogP contribution in [0.5, 0.6) is 0 Å². The number of unbranched alkanes of at least 4 members (excludes halogenated alkanes) is 26. The Hall–Kier alpha value is -2.43. The SMILES string of the molecule is CC/C=C\C/C=C\C/C=C\C/C=C\C/C=C\C/C=C\C/C=C\CCCCCCCCCCCC(=O)NC(CO)C(O)CCCCCCCCCCCCCCCCCCCC. The minimum atomic E-state index is -0.667. The summed E-state index contributed by atoms with van der Waals surface area (Å²) in [5, 5.41) is 23.3. The van der Waals surface area contributed by atoms with Crippen molar-refractivity contribution in [3.8, 4) is 0 Å². The fourth-order valence-corrected chi connectivity index (χ4v) is 7.69. The topological polar surface area (TPSA) is 69.6 Å². The van der Waals surface area contributed by atoms with Gasteiger partial charge in [0.1, 0.15) is 0 Å². The van der Waals surface area contributed by atoms with Crippen molar-refractivity contribution < 1.29 is 15.0 Å². The molecule has 3 N–H and O–H groups in total. The van der Waals surface area contributed by atoms with E-state index in [1.54, 1.807) is 0 Å². The normalized spacial score (nSPS) is 13.6. The van der Waals surface area contributed by atoms with Crippen molar-refractivity contribution >= 4 is 5.91 Å². The Balaban J connectivity index is 3.56. The van der Waals surface area contributed by atoms with Gasteiger partial charge in [-0.2, -0.15) is 0 Å². The molecule has 0 aliphatic rings. The number of nitrogens with one attached hydrogen (secondary N) is 1. The van der Waals surface area contributed by atoms with E-state index in [-0.39, 0.29) is 12.5 Å². The molecule has 61 heavy (non-hydrogen) atoms. The highest BCUT2D eigenvalue weighted by Gasteiger charge is 2.20. The predicted octanol–water partition coefficient (Wildman–Crippen LogP) is 17.2. The monoisotopic (exact) mass is 848 g/mol. The van der Waals surface area contributed by atoms with Crippen molar-refractivity contribution in [2.75, 3.05) is 6.61 Å². The van der Waals surface area contributed by atoms with E-state index in [0.717, 1.165) is 70.6 Å². The summed E-state index contributed by atoms with van der Waals surface area (Å²) in [7, 11) is 0. The van der Waals surface area contributed by atoms with Gasteiger partial charge in [0.15, 0.2) is 0 Å². The first-order chi connectivity index (χ1) is 30.2. The third kappa shape index (κ3) is 48.5. The van der Waals surface area contributed by atoms with Gasteiger partial charge in [-0.3, -0.25) is 4.79 Å². The Morgan fingerprint density at radius 1 is 0.410 bits per heavy atom. The molecular weight excluding hydrogens is 747 g/mol. The van der Waals surface area contributed by atoms with Crippen molar-refractivity contribution in [2.24, 2.45) is 0 Å². The van der Waals surface area contributed by atoms with Gasteiger partial charge < -0.3 is 15.5 Å². The number of allylic oxidation sites excluding steroid dienone is 14. The van der Waals surface area contributed by atoms with Crippen LogP contribution in [-0.4, -0.2) is 34.9 Å². The summed E-state index contributed by atoms with van der Waals surface area (Å²) in [5.41, 5.74) is 0.